The van der Waals surface area contributed by atoms with Crippen molar-refractivity contribution in [3.05, 3.63) is 11.8 Å². The van der Waals surface area contributed by atoms with Crippen LogP contribution in [0.15, 0.2) is 11.8 Å². The third-order valence-corrected chi connectivity index (χ3v) is 2.55. The molecular weight excluding hydrogens is 276 g/mol. The summed E-state index contributed by atoms with van der Waals surface area (Å²) in [6, 6.07) is 0. The van der Waals surface area contributed by atoms with E-state index in [1.165, 1.54) is 14.2 Å². The normalized spacial score (nSPS) is 12.3. The molecule has 0 amide bonds. The van der Waals surface area contributed by atoms with Crippen LogP contribution < -0.4 is 0 Å². The van der Waals surface area contributed by atoms with E-state index in [1.807, 2.05) is 0 Å². The van der Waals surface area contributed by atoms with Crippen molar-refractivity contribution in [3.63, 3.8) is 0 Å². The van der Waals surface area contributed by atoms with E-state index < -0.39 is 10.1 Å². The zero-order valence-corrected chi connectivity index (χ0v) is 12.2. The van der Waals surface area contributed by atoms with Crippen LogP contribution in [-0.4, -0.2) is 48.3 Å². The van der Waals surface area contributed by atoms with Gasteiger partial charge in [-0.25, -0.2) is 0 Å². The summed E-state index contributed by atoms with van der Waals surface area (Å²) < 4.78 is 40.6. The minimum Gasteiger partial charge on any atom is -0.472 e. The van der Waals surface area contributed by atoms with E-state index in [4.69, 9.17) is 9.47 Å². The lowest BCUT2D eigenvalue weighted by atomic mass is 10.2. The van der Waals surface area contributed by atoms with Gasteiger partial charge in [-0.05, 0) is 12.5 Å². The average Bonchev–Trinajstić information content (AvgIpc) is 2.35. The lowest BCUT2D eigenvalue weighted by Crippen LogP contribution is -2.05. The summed E-state index contributed by atoms with van der Waals surface area (Å²) in [6.45, 7) is 0.0802. The second kappa shape index (κ2) is 9.76. The maximum Gasteiger partial charge on any atom is 0.305 e. The number of carbonyl (C=O) groups excluding carboxylic acids is 1. The van der Waals surface area contributed by atoms with E-state index in [-0.39, 0.29) is 25.8 Å². The molecule has 0 aromatic carbocycles. The number of ether oxygens (including phenoxy) is 3. The summed E-state index contributed by atoms with van der Waals surface area (Å²) in [4.78, 5) is 11.0. The van der Waals surface area contributed by atoms with E-state index in [0.29, 0.717) is 18.6 Å². The number of rotatable bonds is 10. The maximum absolute atomic E-state index is 11.0. The Kier molecular flexibility index (Phi) is 9.19. The third kappa shape index (κ3) is 11.7. The molecule has 0 aliphatic carbocycles. The summed E-state index contributed by atoms with van der Waals surface area (Å²) in [7, 11) is -0.653. The van der Waals surface area contributed by atoms with Crippen LogP contribution in [0.1, 0.15) is 19.3 Å². The Morgan fingerprint density at radius 1 is 1.21 bits per heavy atom. The number of hydrogen-bond acceptors (Lipinski definition) is 7. The molecule has 8 heteroatoms. The quantitative estimate of drug-likeness (QED) is 0.194. The lowest BCUT2D eigenvalue weighted by Gasteiger charge is -2.09. The number of allylic oxidation sites excluding steroid dienone is 1. The first-order chi connectivity index (χ1) is 8.89. The lowest BCUT2D eigenvalue weighted by molar-refractivity contribution is -0.140. The van der Waals surface area contributed by atoms with Crippen molar-refractivity contribution < 1.29 is 31.6 Å². The first-order valence-electron chi connectivity index (χ1n) is 5.61. The van der Waals surface area contributed by atoms with E-state index in [2.05, 4.69) is 8.92 Å². The number of carbonyl (C=O) groups is 1. The molecule has 0 heterocycles. The summed E-state index contributed by atoms with van der Waals surface area (Å²) in [6.07, 6.45) is 3.53. The molecule has 0 N–H and O–H groups in total. The van der Waals surface area contributed by atoms with Crippen molar-refractivity contribution in [2.24, 2.45) is 0 Å². The summed E-state index contributed by atoms with van der Waals surface area (Å²) >= 11 is 0. The zero-order valence-electron chi connectivity index (χ0n) is 11.4. The van der Waals surface area contributed by atoms with E-state index in [0.717, 1.165) is 6.26 Å². The van der Waals surface area contributed by atoms with Crippen molar-refractivity contribution in [2.75, 3.05) is 33.9 Å². The molecule has 0 aromatic rings. The van der Waals surface area contributed by atoms with Crippen molar-refractivity contribution in [1.29, 1.82) is 0 Å². The Hall–Kier alpha value is -1.12. The van der Waals surface area contributed by atoms with Crippen LogP contribution in [0.2, 0.25) is 0 Å². The number of esters is 1. The Morgan fingerprint density at radius 3 is 2.42 bits per heavy atom. The highest BCUT2D eigenvalue weighted by atomic mass is 32.2. The SMILES string of the molecule is COCO/C(=C/CCOS(C)(=O)=O)CCC(=O)OC. The predicted molar refractivity (Wildman–Crippen MR) is 67.7 cm³/mol. The van der Waals surface area contributed by atoms with Crippen molar-refractivity contribution in [3.8, 4) is 0 Å². The van der Waals surface area contributed by atoms with Crippen LogP contribution in [0, 0.1) is 0 Å². The summed E-state index contributed by atoms with van der Waals surface area (Å²) in [5.74, 6) is 0.184. The molecule has 0 aliphatic heterocycles. The Labute approximate surface area is 113 Å². The zero-order chi connectivity index (χ0) is 14.7. The van der Waals surface area contributed by atoms with Gasteiger partial charge in [0.1, 0.15) is 0 Å². The molecule has 0 spiro atoms. The molecule has 0 saturated carbocycles. The molecule has 0 atom stereocenters. The van der Waals surface area contributed by atoms with Crippen molar-refractivity contribution in [2.45, 2.75) is 19.3 Å². The van der Waals surface area contributed by atoms with Crippen molar-refractivity contribution in [1.82, 2.24) is 0 Å². The van der Waals surface area contributed by atoms with Gasteiger partial charge in [-0.2, -0.15) is 8.42 Å². The number of hydrogen-bond donors (Lipinski definition) is 0. The first-order valence-corrected chi connectivity index (χ1v) is 7.42. The van der Waals surface area contributed by atoms with E-state index in [9.17, 15) is 13.2 Å². The second-order valence-electron chi connectivity index (χ2n) is 3.61. The fourth-order valence-corrected chi connectivity index (χ4v) is 1.51. The van der Waals surface area contributed by atoms with Crippen LogP contribution in [0.5, 0.6) is 0 Å². The Morgan fingerprint density at radius 2 is 1.89 bits per heavy atom. The van der Waals surface area contributed by atoms with Gasteiger partial charge in [-0.3, -0.25) is 8.98 Å². The molecule has 19 heavy (non-hydrogen) atoms. The molecule has 0 radical (unpaired) electrons. The fraction of sp³-hybridized carbons (Fsp3) is 0.727. The standard InChI is InChI=1S/C11H20O7S/c1-15-9-17-10(6-7-11(12)16-2)5-4-8-18-19(3,13)14/h5H,4,6-9H2,1-3H3/b10-5+. The molecule has 0 unspecified atom stereocenters. The predicted octanol–water partition coefficient (Wildman–Crippen LogP) is 0.810. The van der Waals surface area contributed by atoms with Gasteiger partial charge < -0.3 is 14.2 Å². The Balaban J connectivity index is 4.19. The smallest absolute Gasteiger partial charge is 0.305 e. The highest BCUT2D eigenvalue weighted by Crippen LogP contribution is 2.09. The molecule has 0 fully saturated rings. The highest BCUT2D eigenvalue weighted by Gasteiger charge is 2.06. The molecule has 0 bridgehead atoms. The van der Waals surface area contributed by atoms with Gasteiger partial charge >= 0.3 is 5.97 Å². The highest BCUT2D eigenvalue weighted by molar-refractivity contribution is 7.85. The van der Waals surface area contributed by atoms with Gasteiger partial charge in [-0.15, -0.1) is 0 Å². The minimum absolute atomic E-state index is 0.0247. The molecule has 0 rings (SSSR count). The van der Waals surface area contributed by atoms with Gasteiger partial charge in [0.25, 0.3) is 10.1 Å². The van der Waals surface area contributed by atoms with Crippen LogP contribution in [0.3, 0.4) is 0 Å². The maximum atomic E-state index is 11.0. The molecule has 112 valence electrons. The largest absolute Gasteiger partial charge is 0.472 e. The van der Waals surface area contributed by atoms with Crippen LogP contribution in [-0.2, 0) is 33.3 Å². The molecule has 7 nitrogen and oxygen atoms in total. The molecule has 0 aromatic heterocycles. The van der Waals surface area contributed by atoms with E-state index >= 15 is 0 Å². The summed E-state index contributed by atoms with van der Waals surface area (Å²) in [5, 5.41) is 0. The van der Waals surface area contributed by atoms with Gasteiger partial charge in [-0.1, -0.05) is 0 Å². The van der Waals surface area contributed by atoms with Gasteiger partial charge in [0.15, 0.2) is 6.79 Å². The fourth-order valence-electron chi connectivity index (χ4n) is 1.11. The van der Waals surface area contributed by atoms with Crippen LogP contribution >= 0.6 is 0 Å². The van der Waals surface area contributed by atoms with Gasteiger partial charge in [0.05, 0.1) is 32.2 Å². The molecular formula is C11H20O7S. The number of methoxy groups -OCH3 is 2. The third-order valence-electron chi connectivity index (χ3n) is 1.95. The average molecular weight is 296 g/mol. The van der Waals surface area contributed by atoms with E-state index in [1.54, 1.807) is 6.08 Å². The van der Waals surface area contributed by atoms with Crippen molar-refractivity contribution >= 4 is 16.1 Å². The molecule has 0 aliphatic rings. The second-order valence-corrected chi connectivity index (χ2v) is 5.26. The van der Waals surface area contributed by atoms with Gasteiger partial charge in [0.2, 0.25) is 0 Å². The van der Waals surface area contributed by atoms with Gasteiger partial charge in [0, 0.05) is 13.5 Å². The first kappa shape index (κ1) is 17.9. The molecule has 0 saturated heterocycles. The monoisotopic (exact) mass is 296 g/mol. The van der Waals surface area contributed by atoms with Crippen LogP contribution in [0.4, 0.5) is 0 Å². The Bertz CT molecular complexity index is 386. The summed E-state index contributed by atoms with van der Waals surface area (Å²) in [5.41, 5.74) is 0. The van der Waals surface area contributed by atoms with Crippen LogP contribution in [0.25, 0.3) is 0 Å². The minimum atomic E-state index is -3.44. The topological polar surface area (TPSA) is 88.1 Å².